The standard InChI is InChI=1S/C16H18N4/c1-17-16(19-12-14-7-4-5-10-18-14)20-11-9-13-6-2-3-8-15(13)20/h2-8,10H,9,11-12H2,1H3,(H,17,19). The van der Waals surface area contributed by atoms with Crippen molar-refractivity contribution in [2.75, 3.05) is 18.5 Å². The summed E-state index contributed by atoms with van der Waals surface area (Å²) in [7, 11) is 1.82. The fourth-order valence-electron chi connectivity index (χ4n) is 2.53. The van der Waals surface area contributed by atoms with Gasteiger partial charge in [0.05, 0.1) is 12.2 Å². The maximum Gasteiger partial charge on any atom is 0.198 e. The minimum absolute atomic E-state index is 0.687. The number of pyridine rings is 1. The van der Waals surface area contributed by atoms with Gasteiger partial charge in [-0.15, -0.1) is 0 Å². The van der Waals surface area contributed by atoms with Crippen molar-refractivity contribution in [1.82, 2.24) is 10.3 Å². The second-order valence-electron chi connectivity index (χ2n) is 4.75. The number of rotatable bonds is 2. The highest BCUT2D eigenvalue weighted by atomic mass is 15.3. The molecule has 2 aromatic rings. The molecule has 1 aliphatic heterocycles. The molecule has 102 valence electrons. The van der Waals surface area contributed by atoms with Crippen LogP contribution < -0.4 is 10.2 Å². The van der Waals surface area contributed by atoms with Gasteiger partial charge in [0.15, 0.2) is 5.96 Å². The maximum absolute atomic E-state index is 4.39. The fraction of sp³-hybridized carbons (Fsp3) is 0.250. The lowest BCUT2D eigenvalue weighted by Gasteiger charge is -2.22. The average Bonchev–Trinajstić information content (AvgIpc) is 2.93. The summed E-state index contributed by atoms with van der Waals surface area (Å²) in [6, 6.07) is 14.4. The summed E-state index contributed by atoms with van der Waals surface area (Å²) in [5, 5.41) is 3.38. The number of fused-ring (bicyclic) bond motifs is 1. The zero-order chi connectivity index (χ0) is 13.8. The first-order valence-corrected chi connectivity index (χ1v) is 6.84. The number of guanidine groups is 1. The van der Waals surface area contributed by atoms with Gasteiger partial charge in [0.1, 0.15) is 0 Å². The Kier molecular flexibility index (Phi) is 3.63. The van der Waals surface area contributed by atoms with Crippen LogP contribution in [0.3, 0.4) is 0 Å². The van der Waals surface area contributed by atoms with Gasteiger partial charge in [-0.3, -0.25) is 9.98 Å². The first-order chi connectivity index (χ1) is 9.88. The molecular weight excluding hydrogens is 248 g/mol. The summed E-state index contributed by atoms with van der Waals surface area (Å²) in [5.74, 6) is 0.903. The molecule has 0 unspecified atom stereocenters. The van der Waals surface area contributed by atoms with E-state index in [9.17, 15) is 0 Å². The third kappa shape index (κ3) is 2.50. The van der Waals surface area contributed by atoms with Crippen LogP contribution in [0, 0.1) is 0 Å². The van der Waals surface area contributed by atoms with E-state index in [1.165, 1.54) is 11.3 Å². The molecule has 4 nitrogen and oxygen atoms in total. The summed E-state index contributed by atoms with van der Waals surface area (Å²) in [6.45, 7) is 1.66. The van der Waals surface area contributed by atoms with Gasteiger partial charge < -0.3 is 10.2 Å². The monoisotopic (exact) mass is 266 g/mol. The average molecular weight is 266 g/mol. The Labute approximate surface area is 119 Å². The Morgan fingerprint density at radius 3 is 2.90 bits per heavy atom. The third-order valence-corrected chi connectivity index (χ3v) is 3.51. The van der Waals surface area contributed by atoms with E-state index in [-0.39, 0.29) is 0 Å². The van der Waals surface area contributed by atoms with Crippen LogP contribution in [0.25, 0.3) is 0 Å². The van der Waals surface area contributed by atoms with Crippen molar-refractivity contribution < 1.29 is 0 Å². The number of nitrogens with one attached hydrogen (secondary N) is 1. The number of hydrogen-bond acceptors (Lipinski definition) is 2. The zero-order valence-electron chi connectivity index (χ0n) is 11.6. The normalized spacial score (nSPS) is 14.2. The second-order valence-corrected chi connectivity index (χ2v) is 4.75. The van der Waals surface area contributed by atoms with Gasteiger partial charge in [0, 0.05) is 25.5 Å². The van der Waals surface area contributed by atoms with Gasteiger partial charge in [-0.2, -0.15) is 0 Å². The molecule has 1 aliphatic rings. The molecular formula is C16H18N4. The minimum atomic E-state index is 0.687. The van der Waals surface area contributed by atoms with Gasteiger partial charge in [0.2, 0.25) is 0 Å². The molecule has 0 saturated heterocycles. The number of para-hydroxylation sites is 1. The highest BCUT2D eigenvalue weighted by molar-refractivity contribution is 5.97. The lowest BCUT2D eigenvalue weighted by molar-refractivity contribution is 0.840. The van der Waals surface area contributed by atoms with E-state index in [1.807, 2.05) is 31.4 Å². The Balaban J connectivity index is 1.73. The summed E-state index contributed by atoms with van der Waals surface area (Å²) < 4.78 is 0. The quantitative estimate of drug-likeness (QED) is 0.669. The Morgan fingerprint density at radius 1 is 1.25 bits per heavy atom. The molecule has 4 heteroatoms. The zero-order valence-corrected chi connectivity index (χ0v) is 11.6. The van der Waals surface area contributed by atoms with Crippen LogP contribution >= 0.6 is 0 Å². The molecule has 0 atom stereocenters. The van der Waals surface area contributed by atoms with Gasteiger partial charge >= 0.3 is 0 Å². The van der Waals surface area contributed by atoms with Crippen LogP contribution in [0.4, 0.5) is 5.69 Å². The highest BCUT2D eigenvalue weighted by Gasteiger charge is 2.22. The van der Waals surface area contributed by atoms with Crippen molar-refractivity contribution in [3.63, 3.8) is 0 Å². The smallest absolute Gasteiger partial charge is 0.198 e. The molecule has 0 radical (unpaired) electrons. The second kappa shape index (κ2) is 5.74. The lowest BCUT2D eigenvalue weighted by atomic mass is 10.2. The predicted molar refractivity (Wildman–Crippen MR) is 81.9 cm³/mol. The molecule has 3 rings (SSSR count). The van der Waals surface area contributed by atoms with Crippen LogP contribution in [0.5, 0.6) is 0 Å². The van der Waals surface area contributed by atoms with Crippen molar-refractivity contribution >= 4 is 11.6 Å². The van der Waals surface area contributed by atoms with Crippen molar-refractivity contribution in [1.29, 1.82) is 0 Å². The van der Waals surface area contributed by atoms with E-state index in [0.29, 0.717) is 6.54 Å². The SMILES string of the molecule is CN=C(NCc1ccccn1)N1CCc2ccccc21. The molecule has 0 fully saturated rings. The van der Waals surface area contributed by atoms with Crippen LogP contribution in [0.15, 0.2) is 53.7 Å². The molecule has 0 saturated carbocycles. The predicted octanol–water partition coefficient (Wildman–Crippen LogP) is 2.22. The van der Waals surface area contributed by atoms with Gasteiger partial charge in [0.25, 0.3) is 0 Å². The summed E-state index contributed by atoms with van der Waals surface area (Å²) in [5.41, 5.74) is 3.65. The molecule has 0 amide bonds. The number of hydrogen-bond donors (Lipinski definition) is 1. The van der Waals surface area contributed by atoms with E-state index in [4.69, 9.17) is 0 Å². The van der Waals surface area contributed by atoms with Crippen LogP contribution in [0.2, 0.25) is 0 Å². The van der Waals surface area contributed by atoms with E-state index < -0.39 is 0 Å². The maximum atomic E-state index is 4.39. The minimum Gasteiger partial charge on any atom is -0.350 e. The topological polar surface area (TPSA) is 40.5 Å². The molecule has 0 bridgehead atoms. The Morgan fingerprint density at radius 2 is 2.10 bits per heavy atom. The third-order valence-electron chi connectivity index (χ3n) is 3.51. The number of benzene rings is 1. The Hall–Kier alpha value is -2.36. The number of aliphatic imine (C=N–C) groups is 1. The number of aromatic nitrogens is 1. The highest BCUT2D eigenvalue weighted by Crippen LogP contribution is 2.27. The molecule has 1 N–H and O–H groups in total. The first kappa shape index (κ1) is 12.7. The lowest BCUT2D eigenvalue weighted by Crippen LogP contribution is -2.40. The van der Waals surface area contributed by atoms with Crippen LogP contribution in [-0.2, 0) is 13.0 Å². The first-order valence-electron chi connectivity index (χ1n) is 6.84. The summed E-state index contributed by atoms with van der Waals surface area (Å²) in [4.78, 5) is 10.9. The fourth-order valence-corrected chi connectivity index (χ4v) is 2.53. The van der Waals surface area contributed by atoms with Gasteiger partial charge in [-0.25, -0.2) is 0 Å². The molecule has 20 heavy (non-hydrogen) atoms. The van der Waals surface area contributed by atoms with Crippen molar-refractivity contribution in [3.05, 3.63) is 59.9 Å². The molecule has 1 aromatic carbocycles. The molecule has 0 aliphatic carbocycles. The van der Waals surface area contributed by atoms with Crippen LogP contribution in [0.1, 0.15) is 11.3 Å². The summed E-state index contributed by atoms with van der Waals surface area (Å²) >= 11 is 0. The molecule has 0 spiro atoms. The number of anilines is 1. The number of nitrogens with zero attached hydrogens (tertiary/aromatic N) is 3. The van der Waals surface area contributed by atoms with E-state index >= 15 is 0 Å². The largest absolute Gasteiger partial charge is 0.350 e. The van der Waals surface area contributed by atoms with Crippen LogP contribution in [-0.4, -0.2) is 24.5 Å². The van der Waals surface area contributed by atoms with Gasteiger partial charge in [-0.1, -0.05) is 24.3 Å². The Bertz CT molecular complexity index is 607. The van der Waals surface area contributed by atoms with E-state index in [0.717, 1.165) is 24.6 Å². The van der Waals surface area contributed by atoms with Crippen molar-refractivity contribution in [2.45, 2.75) is 13.0 Å². The summed E-state index contributed by atoms with van der Waals surface area (Å²) in [6.07, 6.45) is 2.88. The van der Waals surface area contributed by atoms with E-state index in [2.05, 4.69) is 44.5 Å². The van der Waals surface area contributed by atoms with Gasteiger partial charge in [-0.05, 0) is 30.2 Å². The van der Waals surface area contributed by atoms with Crippen molar-refractivity contribution in [2.24, 2.45) is 4.99 Å². The molecule has 2 heterocycles. The molecule has 1 aromatic heterocycles. The van der Waals surface area contributed by atoms with Crippen molar-refractivity contribution in [3.8, 4) is 0 Å². The van der Waals surface area contributed by atoms with E-state index in [1.54, 1.807) is 0 Å².